The molecule has 13 heteroatoms. The molecule has 3 rings (SSSR count). The Balaban J connectivity index is 2.00. The fourth-order valence-corrected chi connectivity index (χ4v) is 4.78. The SMILES string of the molecule is O=CCC1NC(=O)C2CCCN2C(=O)[C@@H](CC=O)NC(=O)[C@@H](CC=O)NC(=O)[C@@H]2CCCN2C1=O. The van der Waals surface area contributed by atoms with Crippen LogP contribution in [0.2, 0.25) is 0 Å². The zero-order valence-electron chi connectivity index (χ0n) is 19.1. The molecule has 0 aliphatic carbocycles. The Bertz CT molecular complexity index is 908. The first-order chi connectivity index (χ1) is 16.8. The smallest absolute Gasteiger partial charge is 0.246 e. The van der Waals surface area contributed by atoms with Crippen molar-refractivity contribution in [2.24, 2.45) is 0 Å². The maximum atomic E-state index is 13.2. The van der Waals surface area contributed by atoms with Crippen LogP contribution in [-0.4, -0.2) is 101 Å². The van der Waals surface area contributed by atoms with Gasteiger partial charge in [0.25, 0.3) is 0 Å². The van der Waals surface area contributed by atoms with Gasteiger partial charge in [0, 0.05) is 32.4 Å². The number of amides is 5. The minimum Gasteiger partial charge on any atom is -0.342 e. The predicted octanol–water partition coefficient (Wildman–Crippen LogP) is -2.80. The summed E-state index contributed by atoms with van der Waals surface area (Å²) >= 11 is 0. The van der Waals surface area contributed by atoms with E-state index in [0.29, 0.717) is 38.1 Å². The Morgan fingerprint density at radius 1 is 0.600 bits per heavy atom. The number of carbonyl (C=O) groups is 8. The molecule has 0 aromatic carbocycles. The summed E-state index contributed by atoms with van der Waals surface area (Å²) in [7, 11) is 0. The number of carbonyl (C=O) groups excluding carboxylic acids is 8. The zero-order chi connectivity index (χ0) is 25.5. The lowest BCUT2D eigenvalue weighted by Crippen LogP contribution is -2.57. The van der Waals surface area contributed by atoms with E-state index in [0.717, 1.165) is 0 Å². The van der Waals surface area contributed by atoms with E-state index in [-0.39, 0.29) is 38.8 Å². The van der Waals surface area contributed by atoms with Crippen LogP contribution in [0.25, 0.3) is 0 Å². The molecule has 3 heterocycles. The van der Waals surface area contributed by atoms with E-state index >= 15 is 0 Å². The average molecular weight is 492 g/mol. The maximum absolute atomic E-state index is 13.2. The quantitative estimate of drug-likeness (QED) is 0.333. The molecule has 0 radical (unpaired) electrons. The Kier molecular flexibility index (Phi) is 8.66. The van der Waals surface area contributed by atoms with Crippen LogP contribution >= 0.6 is 0 Å². The summed E-state index contributed by atoms with van der Waals surface area (Å²) in [6.07, 6.45) is 1.84. The molecule has 35 heavy (non-hydrogen) atoms. The number of nitrogens with one attached hydrogen (secondary N) is 3. The zero-order valence-corrected chi connectivity index (χ0v) is 19.1. The van der Waals surface area contributed by atoms with Crippen LogP contribution in [0.1, 0.15) is 44.9 Å². The second kappa shape index (κ2) is 11.7. The van der Waals surface area contributed by atoms with E-state index in [1.54, 1.807) is 0 Å². The van der Waals surface area contributed by atoms with Crippen molar-refractivity contribution in [2.75, 3.05) is 13.1 Å². The molecule has 190 valence electrons. The van der Waals surface area contributed by atoms with E-state index in [4.69, 9.17) is 0 Å². The normalized spacial score (nSPS) is 30.3. The van der Waals surface area contributed by atoms with Gasteiger partial charge in [0.1, 0.15) is 49.1 Å². The second-order valence-electron chi connectivity index (χ2n) is 8.77. The highest BCUT2D eigenvalue weighted by Gasteiger charge is 2.42. The van der Waals surface area contributed by atoms with Gasteiger partial charge < -0.3 is 40.1 Å². The van der Waals surface area contributed by atoms with Crippen molar-refractivity contribution in [3.63, 3.8) is 0 Å². The summed E-state index contributed by atoms with van der Waals surface area (Å²) in [6.45, 7) is 0.402. The van der Waals surface area contributed by atoms with E-state index < -0.39 is 59.7 Å². The van der Waals surface area contributed by atoms with Crippen molar-refractivity contribution in [1.82, 2.24) is 25.8 Å². The Labute approximate surface area is 201 Å². The van der Waals surface area contributed by atoms with Gasteiger partial charge in [0.2, 0.25) is 29.5 Å². The van der Waals surface area contributed by atoms with Crippen LogP contribution in [-0.2, 0) is 38.4 Å². The molecule has 0 saturated carbocycles. The van der Waals surface area contributed by atoms with Gasteiger partial charge in [-0.15, -0.1) is 0 Å². The number of aldehydes is 3. The molecule has 5 atom stereocenters. The molecular formula is C22H29N5O8. The summed E-state index contributed by atoms with van der Waals surface area (Å²) in [4.78, 5) is 102. The number of fused-ring (bicyclic) bond motifs is 2. The first-order valence-corrected chi connectivity index (χ1v) is 11.6. The predicted molar refractivity (Wildman–Crippen MR) is 117 cm³/mol. The minimum absolute atomic E-state index is 0.192. The summed E-state index contributed by atoms with van der Waals surface area (Å²) in [5.41, 5.74) is 0. The van der Waals surface area contributed by atoms with Crippen molar-refractivity contribution in [3.05, 3.63) is 0 Å². The molecule has 0 spiro atoms. The van der Waals surface area contributed by atoms with Gasteiger partial charge in [-0.1, -0.05) is 0 Å². The number of rotatable bonds is 6. The molecule has 0 bridgehead atoms. The third-order valence-corrected chi connectivity index (χ3v) is 6.53. The van der Waals surface area contributed by atoms with E-state index in [1.165, 1.54) is 9.80 Å². The van der Waals surface area contributed by atoms with E-state index in [1.807, 2.05) is 0 Å². The molecule has 3 aliphatic heterocycles. The minimum atomic E-state index is -1.33. The van der Waals surface area contributed by atoms with Crippen LogP contribution in [0.4, 0.5) is 0 Å². The van der Waals surface area contributed by atoms with Gasteiger partial charge in [-0.3, -0.25) is 24.0 Å². The van der Waals surface area contributed by atoms with E-state index in [9.17, 15) is 38.4 Å². The van der Waals surface area contributed by atoms with Crippen LogP contribution in [0, 0.1) is 0 Å². The third kappa shape index (κ3) is 5.72. The van der Waals surface area contributed by atoms with Crippen LogP contribution in [0.15, 0.2) is 0 Å². The van der Waals surface area contributed by atoms with Crippen molar-refractivity contribution in [3.8, 4) is 0 Å². The maximum Gasteiger partial charge on any atom is 0.246 e. The third-order valence-electron chi connectivity index (χ3n) is 6.53. The second-order valence-corrected chi connectivity index (χ2v) is 8.77. The summed E-state index contributed by atoms with van der Waals surface area (Å²) < 4.78 is 0. The Hall–Kier alpha value is -3.64. The summed E-state index contributed by atoms with van der Waals surface area (Å²) in [5, 5.41) is 7.44. The van der Waals surface area contributed by atoms with Crippen molar-refractivity contribution < 1.29 is 38.4 Å². The largest absolute Gasteiger partial charge is 0.342 e. The van der Waals surface area contributed by atoms with E-state index in [2.05, 4.69) is 16.0 Å². The Morgan fingerprint density at radius 2 is 0.971 bits per heavy atom. The highest BCUT2D eigenvalue weighted by molar-refractivity contribution is 5.99. The lowest BCUT2D eigenvalue weighted by Gasteiger charge is -2.30. The number of hydrogen-bond donors (Lipinski definition) is 3. The molecule has 0 aromatic rings. The fourth-order valence-electron chi connectivity index (χ4n) is 4.78. The first-order valence-electron chi connectivity index (χ1n) is 11.6. The monoisotopic (exact) mass is 491 g/mol. The van der Waals surface area contributed by atoms with Crippen LogP contribution in [0.3, 0.4) is 0 Å². The molecule has 3 saturated heterocycles. The van der Waals surface area contributed by atoms with Gasteiger partial charge in [0.05, 0.1) is 0 Å². The topological polar surface area (TPSA) is 179 Å². The number of hydrogen-bond acceptors (Lipinski definition) is 8. The Morgan fingerprint density at radius 3 is 1.40 bits per heavy atom. The van der Waals surface area contributed by atoms with Crippen molar-refractivity contribution >= 4 is 48.4 Å². The molecular weight excluding hydrogens is 462 g/mol. The van der Waals surface area contributed by atoms with Crippen LogP contribution in [0.5, 0.6) is 0 Å². The summed E-state index contributed by atoms with van der Waals surface area (Å²) in [5.74, 6) is -3.45. The van der Waals surface area contributed by atoms with Gasteiger partial charge in [-0.25, -0.2) is 0 Å². The lowest BCUT2D eigenvalue weighted by atomic mass is 10.1. The van der Waals surface area contributed by atoms with Crippen molar-refractivity contribution in [2.45, 2.75) is 75.2 Å². The average Bonchev–Trinajstić information content (AvgIpc) is 3.51. The standard InChI is InChI=1S/C22H29N5O8/c28-10-5-13-18(31)24-14(6-11-29)21(34)27-9-2-4-17(27)20(33)25-15(7-12-30)22(35)26-8-1-3-16(26)19(32)23-13/h10-17H,1-9H2,(H,23,32)(H,24,31)(H,25,33)/t13-,14-,15?,16+,17?/m1/s1. The summed E-state index contributed by atoms with van der Waals surface area (Å²) in [6, 6.07) is -5.78. The first kappa shape index (κ1) is 26.0. The van der Waals surface area contributed by atoms with Gasteiger partial charge in [0.15, 0.2) is 0 Å². The number of nitrogens with zero attached hydrogens (tertiary/aromatic N) is 2. The molecule has 3 N–H and O–H groups in total. The fraction of sp³-hybridized carbons (Fsp3) is 0.636. The van der Waals surface area contributed by atoms with Crippen molar-refractivity contribution in [1.29, 1.82) is 0 Å². The molecule has 5 amide bonds. The molecule has 2 unspecified atom stereocenters. The lowest BCUT2D eigenvalue weighted by molar-refractivity contribution is -0.144. The highest BCUT2D eigenvalue weighted by atomic mass is 16.2. The van der Waals surface area contributed by atoms with Crippen LogP contribution < -0.4 is 16.0 Å². The molecule has 3 aliphatic rings. The molecule has 3 fully saturated rings. The van der Waals surface area contributed by atoms with Gasteiger partial charge in [-0.2, -0.15) is 0 Å². The van der Waals surface area contributed by atoms with Gasteiger partial charge in [-0.05, 0) is 25.7 Å². The molecule has 0 aromatic heterocycles. The molecule has 13 nitrogen and oxygen atoms in total. The van der Waals surface area contributed by atoms with Gasteiger partial charge >= 0.3 is 0 Å². The highest BCUT2D eigenvalue weighted by Crippen LogP contribution is 2.22.